The Kier molecular flexibility index (Phi) is 7.28. The third kappa shape index (κ3) is 5.29. The molecule has 4 rings (SSSR count). The highest BCUT2D eigenvalue weighted by Crippen LogP contribution is 2.27. The summed E-state index contributed by atoms with van der Waals surface area (Å²) in [6.45, 7) is 2.25. The molecule has 0 fully saturated rings. The van der Waals surface area contributed by atoms with Gasteiger partial charge < -0.3 is 15.8 Å². The number of nitrogens with zero attached hydrogens (tertiary/aromatic N) is 2. The fourth-order valence-electron chi connectivity index (χ4n) is 3.59. The van der Waals surface area contributed by atoms with Crippen LogP contribution >= 0.6 is 0 Å². The summed E-state index contributed by atoms with van der Waals surface area (Å²) in [6, 6.07) is 19.2. The molecule has 34 heavy (non-hydrogen) atoms. The summed E-state index contributed by atoms with van der Waals surface area (Å²) >= 11 is 0. The van der Waals surface area contributed by atoms with Crippen molar-refractivity contribution in [2.45, 2.75) is 13.5 Å². The van der Waals surface area contributed by atoms with Crippen LogP contribution in [0.4, 0.5) is 11.5 Å². The van der Waals surface area contributed by atoms with Gasteiger partial charge in [0.2, 0.25) is 0 Å². The first-order valence-electron chi connectivity index (χ1n) is 10.8. The molecule has 0 bridgehead atoms. The molecule has 0 saturated carbocycles. The van der Waals surface area contributed by atoms with Crippen molar-refractivity contribution >= 4 is 28.3 Å². The molecular weight excluding hydrogens is 432 g/mol. The van der Waals surface area contributed by atoms with Crippen molar-refractivity contribution in [2.24, 2.45) is 5.84 Å². The highest BCUT2D eigenvalue weighted by Gasteiger charge is 2.12. The molecule has 0 aliphatic carbocycles. The first-order chi connectivity index (χ1) is 16.6. The summed E-state index contributed by atoms with van der Waals surface area (Å²) in [6.07, 6.45) is 1.78. The molecule has 0 radical (unpaired) electrons. The van der Waals surface area contributed by atoms with E-state index in [1.807, 2.05) is 55.5 Å². The van der Waals surface area contributed by atoms with Gasteiger partial charge in [-0.1, -0.05) is 18.2 Å². The molecule has 9 heteroatoms. The largest absolute Gasteiger partial charge is 0.394 e. The van der Waals surface area contributed by atoms with Gasteiger partial charge in [-0.05, 0) is 60.5 Å². The maximum absolute atomic E-state index is 12.3. The highest BCUT2D eigenvalue weighted by molar-refractivity contribution is 5.95. The zero-order valence-electron chi connectivity index (χ0n) is 18.7. The molecule has 2 heterocycles. The van der Waals surface area contributed by atoms with Gasteiger partial charge in [-0.25, -0.2) is 10.5 Å². The molecule has 0 spiro atoms. The smallest absolute Gasteiger partial charge is 0.275 e. The van der Waals surface area contributed by atoms with E-state index in [0.717, 1.165) is 33.3 Å². The minimum atomic E-state index is -0.374. The number of hydrogen-bond donors (Lipinski definition) is 5. The van der Waals surface area contributed by atoms with E-state index in [1.54, 1.807) is 12.3 Å². The van der Waals surface area contributed by atoms with Crippen molar-refractivity contribution < 1.29 is 14.7 Å². The Bertz CT molecular complexity index is 1310. The Hall–Kier alpha value is -4.05. The zero-order chi connectivity index (χ0) is 23.9. The van der Waals surface area contributed by atoms with Crippen LogP contribution in [0.15, 0.2) is 66.9 Å². The lowest BCUT2D eigenvalue weighted by Crippen LogP contribution is -2.25. The zero-order valence-corrected chi connectivity index (χ0v) is 18.7. The number of nitrogen functional groups attached to an aromatic ring is 1. The van der Waals surface area contributed by atoms with Crippen molar-refractivity contribution in [3.8, 4) is 11.3 Å². The van der Waals surface area contributed by atoms with E-state index in [4.69, 9.17) is 20.8 Å². The number of aromatic nitrogens is 2. The number of amides is 1. The van der Waals surface area contributed by atoms with Gasteiger partial charge in [0, 0.05) is 29.3 Å². The number of nitrogens with one attached hydrogen (secondary N) is 3. The second-order valence-corrected chi connectivity index (χ2v) is 7.65. The maximum Gasteiger partial charge on any atom is 0.275 e. The lowest BCUT2D eigenvalue weighted by molar-refractivity contribution is 0.0168. The molecule has 0 unspecified atom stereocenters. The van der Waals surface area contributed by atoms with Gasteiger partial charge in [0.05, 0.1) is 30.1 Å². The third-order valence-electron chi connectivity index (χ3n) is 5.30. The van der Waals surface area contributed by atoms with E-state index in [9.17, 15) is 4.79 Å². The van der Waals surface area contributed by atoms with Crippen molar-refractivity contribution in [3.63, 3.8) is 0 Å². The fraction of sp³-hybridized carbons (Fsp3) is 0.160. The Morgan fingerprint density at radius 3 is 2.79 bits per heavy atom. The van der Waals surface area contributed by atoms with E-state index >= 15 is 0 Å². The standard InChI is InChI=1S/C25H26N6O3/c1-16-13-19(5-6-20(16)25(33)31-34-12-11-32)22-8-9-23(30-26)24(29-22)28-15-17-4-7-21-18(14-17)3-2-10-27-21/h2-10,13-14,30,32H,11-12,15,26H2,1H3,(H,28,29)(H,31,33). The van der Waals surface area contributed by atoms with Gasteiger partial charge in [-0.2, -0.15) is 0 Å². The van der Waals surface area contributed by atoms with Crippen LogP contribution in [0.5, 0.6) is 0 Å². The van der Waals surface area contributed by atoms with Gasteiger partial charge in [-0.3, -0.25) is 20.5 Å². The number of hydrazine groups is 1. The molecule has 6 N–H and O–H groups in total. The molecule has 0 aliphatic rings. The number of aliphatic hydroxyl groups is 1. The van der Waals surface area contributed by atoms with Gasteiger partial charge in [-0.15, -0.1) is 0 Å². The summed E-state index contributed by atoms with van der Waals surface area (Å²) in [4.78, 5) is 26.3. The van der Waals surface area contributed by atoms with E-state index in [0.29, 0.717) is 23.6 Å². The topological polar surface area (TPSA) is 134 Å². The number of aliphatic hydroxyl groups excluding tert-OH is 1. The predicted octanol–water partition coefficient (Wildman–Crippen LogP) is 3.16. The molecule has 9 nitrogen and oxygen atoms in total. The van der Waals surface area contributed by atoms with E-state index in [-0.39, 0.29) is 19.1 Å². The molecule has 2 aromatic carbocycles. The van der Waals surface area contributed by atoms with Gasteiger partial charge in [0.25, 0.3) is 5.91 Å². The average Bonchev–Trinajstić information content (AvgIpc) is 2.87. The predicted molar refractivity (Wildman–Crippen MR) is 132 cm³/mol. The van der Waals surface area contributed by atoms with Crippen LogP contribution in [0.25, 0.3) is 22.2 Å². The number of aryl methyl sites for hydroxylation is 1. The van der Waals surface area contributed by atoms with Gasteiger partial charge in [0.15, 0.2) is 5.82 Å². The van der Waals surface area contributed by atoms with Crippen LogP contribution < -0.4 is 22.1 Å². The van der Waals surface area contributed by atoms with Crippen LogP contribution in [0, 0.1) is 6.92 Å². The quantitative estimate of drug-likeness (QED) is 0.147. The fourth-order valence-corrected chi connectivity index (χ4v) is 3.59. The van der Waals surface area contributed by atoms with Crippen molar-refractivity contribution in [2.75, 3.05) is 24.0 Å². The van der Waals surface area contributed by atoms with E-state index < -0.39 is 0 Å². The molecule has 0 atom stereocenters. The highest BCUT2D eigenvalue weighted by atomic mass is 16.7. The van der Waals surface area contributed by atoms with Gasteiger partial charge in [0.1, 0.15) is 0 Å². The molecule has 2 aromatic heterocycles. The molecule has 0 saturated heterocycles. The van der Waals surface area contributed by atoms with Crippen LogP contribution in [0.3, 0.4) is 0 Å². The summed E-state index contributed by atoms with van der Waals surface area (Å²) in [5.41, 5.74) is 10.5. The van der Waals surface area contributed by atoms with Crippen LogP contribution in [0.1, 0.15) is 21.5 Å². The lowest BCUT2D eigenvalue weighted by Gasteiger charge is -2.14. The number of rotatable bonds is 9. The second kappa shape index (κ2) is 10.7. The monoisotopic (exact) mass is 458 g/mol. The van der Waals surface area contributed by atoms with Gasteiger partial charge >= 0.3 is 0 Å². The third-order valence-corrected chi connectivity index (χ3v) is 5.30. The normalized spacial score (nSPS) is 10.8. The van der Waals surface area contributed by atoms with Crippen molar-refractivity contribution in [1.82, 2.24) is 15.4 Å². The number of hydrogen-bond acceptors (Lipinski definition) is 8. The lowest BCUT2D eigenvalue weighted by atomic mass is 10.0. The number of anilines is 2. The number of hydroxylamine groups is 1. The summed E-state index contributed by atoms with van der Waals surface area (Å²) in [5, 5.41) is 13.2. The number of pyridine rings is 2. The first-order valence-corrected chi connectivity index (χ1v) is 10.8. The molecule has 0 aliphatic heterocycles. The Balaban J connectivity index is 1.53. The number of carbonyl (C=O) groups excluding carboxylic acids is 1. The molecular formula is C25H26N6O3. The maximum atomic E-state index is 12.3. The molecule has 4 aromatic rings. The van der Waals surface area contributed by atoms with Crippen LogP contribution in [-0.2, 0) is 11.4 Å². The number of nitrogens with two attached hydrogens (primary N) is 1. The van der Waals surface area contributed by atoms with E-state index in [2.05, 4.69) is 27.3 Å². The Morgan fingerprint density at radius 2 is 2.00 bits per heavy atom. The van der Waals surface area contributed by atoms with Crippen molar-refractivity contribution in [3.05, 3.63) is 83.6 Å². The minimum Gasteiger partial charge on any atom is -0.394 e. The number of benzene rings is 2. The summed E-state index contributed by atoms with van der Waals surface area (Å²) in [7, 11) is 0. The van der Waals surface area contributed by atoms with Crippen LogP contribution in [0.2, 0.25) is 0 Å². The number of fused-ring (bicyclic) bond motifs is 1. The first kappa shape index (κ1) is 23.1. The molecule has 174 valence electrons. The summed E-state index contributed by atoms with van der Waals surface area (Å²) < 4.78 is 0. The summed E-state index contributed by atoms with van der Waals surface area (Å²) in [5.74, 6) is 5.94. The van der Waals surface area contributed by atoms with Crippen molar-refractivity contribution in [1.29, 1.82) is 0 Å². The number of carbonyl (C=O) groups is 1. The Labute approximate surface area is 196 Å². The second-order valence-electron chi connectivity index (χ2n) is 7.65. The average molecular weight is 459 g/mol. The Morgan fingerprint density at radius 1 is 1.12 bits per heavy atom. The molecule has 1 amide bonds. The van der Waals surface area contributed by atoms with E-state index in [1.165, 1.54) is 0 Å². The SMILES string of the molecule is Cc1cc(-c2ccc(NN)c(NCc3ccc4ncccc4c3)n2)ccc1C(=O)NOCCO. The minimum absolute atomic E-state index is 0.0280. The van der Waals surface area contributed by atoms with Crippen LogP contribution in [-0.4, -0.2) is 34.2 Å².